The molecule has 2 atom stereocenters. The Balaban J connectivity index is 0.00000289. The van der Waals surface area contributed by atoms with Crippen molar-refractivity contribution >= 4 is 22.2 Å². The summed E-state index contributed by atoms with van der Waals surface area (Å²) in [5.41, 5.74) is 5.91. The Morgan fingerprint density at radius 1 is 1.33 bits per heavy atom. The predicted octanol–water partition coefficient (Wildman–Crippen LogP) is 1.29. The van der Waals surface area contributed by atoms with E-state index in [0.29, 0.717) is 12.5 Å². The lowest BCUT2D eigenvalue weighted by atomic mass is 9.92. The van der Waals surface area contributed by atoms with E-state index in [2.05, 4.69) is 4.90 Å². The Kier molecular flexibility index (Phi) is 7.75. The molecule has 1 saturated heterocycles. The van der Waals surface area contributed by atoms with E-state index in [0.717, 1.165) is 19.5 Å². The molecule has 2 N–H and O–H groups in total. The molecule has 1 heterocycles. The molecular weight excluding hydrogens is 272 g/mol. The summed E-state index contributed by atoms with van der Waals surface area (Å²) in [6, 6.07) is 0.208. The molecule has 0 aromatic rings. The van der Waals surface area contributed by atoms with E-state index in [1.165, 1.54) is 6.42 Å². The summed E-state index contributed by atoms with van der Waals surface area (Å²) in [6.07, 6.45) is 2.30. The van der Waals surface area contributed by atoms with Crippen LogP contribution in [-0.4, -0.2) is 50.0 Å². The Labute approximate surface area is 118 Å². The molecule has 0 amide bonds. The van der Waals surface area contributed by atoms with Crippen molar-refractivity contribution in [2.45, 2.75) is 44.9 Å². The van der Waals surface area contributed by atoms with Crippen molar-refractivity contribution < 1.29 is 8.42 Å². The highest BCUT2D eigenvalue weighted by molar-refractivity contribution is 7.92. The summed E-state index contributed by atoms with van der Waals surface area (Å²) in [4.78, 5) is 2.25. The van der Waals surface area contributed by atoms with Crippen molar-refractivity contribution in [1.29, 1.82) is 0 Å². The van der Waals surface area contributed by atoms with Gasteiger partial charge in [0.2, 0.25) is 0 Å². The summed E-state index contributed by atoms with van der Waals surface area (Å²) in [7, 11) is -2.91. The number of sulfone groups is 1. The van der Waals surface area contributed by atoms with Crippen LogP contribution in [0.15, 0.2) is 0 Å². The van der Waals surface area contributed by atoms with Gasteiger partial charge in [-0.1, -0.05) is 0 Å². The molecule has 1 rings (SSSR count). The summed E-state index contributed by atoms with van der Waals surface area (Å²) in [5.74, 6) is 0.793. The number of hydrogen-bond acceptors (Lipinski definition) is 4. The maximum absolute atomic E-state index is 11.7. The lowest BCUT2D eigenvalue weighted by Crippen LogP contribution is -2.44. The lowest BCUT2D eigenvalue weighted by molar-refractivity contribution is 0.169. The molecule has 2 unspecified atom stereocenters. The largest absolute Gasteiger partial charge is 0.328 e. The van der Waals surface area contributed by atoms with Crippen molar-refractivity contribution in [3.8, 4) is 0 Å². The predicted molar refractivity (Wildman–Crippen MR) is 79.0 cm³/mol. The van der Waals surface area contributed by atoms with Crippen LogP contribution in [0.4, 0.5) is 0 Å². The van der Waals surface area contributed by atoms with Crippen LogP contribution in [0, 0.1) is 5.92 Å². The van der Waals surface area contributed by atoms with Crippen molar-refractivity contribution in [3.63, 3.8) is 0 Å². The molecule has 0 saturated carbocycles. The van der Waals surface area contributed by atoms with Crippen LogP contribution in [0.3, 0.4) is 0 Å². The standard InChI is InChI=1S/C12H26N2O2S.ClH/c1-10(2)17(15,16)8-7-14-6-4-5-12(9-14)11(3)13;/h10-12H,4-9,13H2,1-3H3;1H. The Morgan fingerprint density at radius 2 is 1.94 bits per heavy atom. The van der Waals surface area contributed by atoms with E-state index in [1.807, 2.05) is 6.92 Å². The topological polar surface area (TPSA) is 63.4 Å². The van der Waals surface area contributed by atoms with Gasteiger partial charge in [0.15, 0.2) is 9.84 Å². The number of hydrogen-bond donors (Lipinski definition) is 1. The number of likely N-dealkylation sites (tertiary alicyclic amines) is 1. The van der Waals surface area contributed by atoms with Gasteiger partial charge in [0.1, 0.15) is 0 Å². The summed E-state index contributed by atoms with van der Waals surface area (Å²) in [6.45, 7) is 8.15. The van der Waals surface area contributed by atoms with Crippen molar-refractivity contribution in [2.24, 2.45) is 11.7 Å². The van der Waals surface area contributed by atoms with Gasteiger partial charge in [-0.25, -0.2) is 8.42 Å². The summed E-state index contributed by atoms with van der Waals surface area (Å²) < 4.78 is 23.5. The van der Waals surface area contributed by atoms with Gasteiger partial charge >= 0.3 is 0 Å². The van der Waals surface area contributed by atoms with Crippen LogP contribution in [0.2, 0.25) is 0 Å². The first-order valence-electron chi connectivity index (χ1n) is 6.52. The van der Waals surface area contributed by atoms with Gasteiger partial charge in [-0.3, -0.25) is 0 Å². The average molecular weight is 299 g/mol. The van der Waals surface area contributed by atoms with Gasteiger partial charge in [-0.15, -0.1) is 12.4 Å². The summed E-state index contributed by atoms with van der Waals surface area (Å²) in [5, 5.41) is -0.267. The fourth-order valence-electron chi connectivity index (χ4n) is 2.22. The van der Waals surface area contributed by atoms with Crippen LogP contribution in [0.1, 0.15) is 33.6 Å². The molecule has 110 valence electrons. The molecule has 1 aliphatic rings. The van der Waals surface area contributed by atoms with E-state index >= 15 is 0 Å². The number of nitrogens with zero attached hydrogens (tertiary/aromatic N) is 1. The minimum Gasteiger partial charge on any atom is -0.328 e. The first-order valence-corrected chi connectivity index (χ1v) is 8.24. The van der Waals surface area contributed by atoms with E-state index in [1.54, 1.807) is 13.8 Å². The van der Waals surface area contributed by atoms with E-state index in [9.17, 15) is 8.42 Å². The third-order valence-corrected chi connectivity index (χ3v) is 5.88. The first kappa shape index (κ1) is 18.2. The van der Waals surface area contributed by atoms with Gasteiger partial charge in [0, 0.05) is 19.1 Å². The second-order valence-electron chi connectivity index (χ2n) is 5.48. The third-order valence-electron chi connectivity index (χ3n) is 3.70. The summed E-state index contributed by atoms with van der Waals surface area (Å²) >= 11 is 0. The molecule has 0 bridgehead atoms. The number of piperidine rings is 1. The second-order valence-corrected chi connectivity index (χ2v) is 8.15. The molecule has 1 fully saturated rings. The number of halogens is 1. The molecule has 6 heteroatoms. The van der Waals surface area contributed by atoms with Gasteiger partial charge in [-0.2, -0.15) is 0 Å². The van der Waals surface area contributed by atoms with Crippen LogP contribution in [-0.2, 0) is 9.84 Å². The second kappa shape index (κ2) is 7.68. The maximum Gasteiger partial charge on any atom is 0.153 e. The fraction of sp³-hybridized carbons (Fsp3) is 1.00. The van der Waals surface area contributed by atoms with Gasteiger partial charge in [0.05, 0.1) is 11.0 Å². The average Bonchev–Trinajstić information content (AvgIpc) is 2.26. The highest BCUT2D eigenvalue weighted by atomic mass is 35.5. The quantitative estimate of drug-likeness (QED) is 0.831. The zero-order valence-corrected chi connectivity index (χ0v) is 13.3. The Hall–Kier alpha value is 0.160. The van der Waals surface area contributed by atoms with Crippen LogP contribution in [0.5, 0.6) is 0 Å². The molecule has 4 nitrogen and oxygen atoms in total. The van der Waals surface area contributed by atoms with Crippen LogP contribution >= 0.6 is 12.4 Å². The molecule has 0 radical (unpaired) electrons. The molecule has 0 aromatic carbocycles. The van der Waals surface area contributed by atoms with Crippen LogP contribution in [0.25, 0.3) is 0 Å². The number of nitrogens with two attached hydrogens (primary N) is 1. The zero-order chi connectivity index (χ0) is 13.1. The molecule has 0 aliphatic carbocycles. The van der Waals surface area contributed by atoms with Gasteiger partial charge in [0.25, 0.3) is 0 Å². The first-order chi connectivity index (χ1) is 7.83. The minimum absolute atomic E-state index is 0. The zero-order valence-electron chi connectivity index (χ0n) is 11.6. The molecule has 0 aromatic heterocycles. The highest BCUT2D eigenvalue weighted by Gasteiger charge is 2.24. The van der Waals surface area contributed by atoms with E-state index in [4.69, 9.17) is 5.73 Å². The van der Waals surface area contributed by atoms with Gasteiger partial charge in [-0.05, 0) is 46.1 Å². The SMILES string of the molecule is CC(N)C1CCCN(CCS(=O)(=O)C(C)C)C1.Cl. The van der Waals surface area contributed by atoms with E-state index in [-0.39, 0.29) is 29.5 Å². The van der Waals surface area contributed by atoms with Crippen molar-refractivity contribution in [2.75, 3.05) is 25.4 Å². The maximum atomic E-state index is 11.7. The fourth-order valence-corrected chi connectivity index (χ4v) is 3.20. The van der Waals surface area contributed by atoms with Crippen LogP contribution < -0.4 is 5.73 Å². The monoisotopic (exact) mass is 298 g/mol. The molecule has 18 heavy (non-hydrogen) atoms. The smallest absolute Gasteiger partial charge is 0.153 e. The van der Waals surface area contributed by atoms with E-state index < -0.39 is 9.84 Å². The normalized spacial score (nSPS) is 23.7. The molecular formula is C12H27ClN2O2S. The lowest BCUT2D eigenvalue weighted by Gasteiger charge is -2.34. The highest BCUT2D eigenvalue weighted by Crippen LogP contribution is 2.18. The Morgan fingerprint density at radius 3 is 2.44 bits per heavy atom. The van der Waals surface area contributed by atoms with Crippen molar-refractivity contribution in [1.82, 2.24) is 4.90 Å². The number of rotatable bonds is 5. The minimum atomic E-state index is -2.91. The molecule has 1 aliphatic heterocycles. The molecule has 0 spiro atoms. The third kappa shape index (κ3) is 5.43. The van der Waals surface area contributed by atoms with Gasteiger partial charge < -0.3 is 10.6 Å². The Bertz CT molecular complexity index is 331. The van der Waals surface area contributed by atoms with Crippen molar-refractivity contribution in [3.05, 3.63) is 0 Å².